The molecule has 3 aromatic carbocycles. The number of urea groups is 1. The number of barbiturate groups is 1. The maximum Gasteiger partial charge on any atom is 0.335 e. The van der Waals surface area contributed by atoms with E-state index in [0.717, 1.165) is 26.8 Å². The molecule has 174 valence electrons. The van der Waals surface area contributed by atoms with E-state index in [0.29, 0.717) is 36.0 Å². The fourth-order valence-corrected chi connectivity index (χ4v) is 4.10. The minimum atomic E-state index is -0.779. The number of hydrogen-bond acceptors (Lipinski definition) is 5. The fraction of sp³-hybridized carbons (Fsp3) is 0.222. The summed E-state index contributed by atoms with van der Waals surface area (Å²) in [5.74, 6) is -0.267. The number of anilines is 1. The Kier molecular flexibility index (Phi) is 6.36. The van der Waals surface area contributed by atoms with Crippen molar-refractivity contribution in [2.75, 3.05) is 18.1 Å². The van der Waals surface area contributed by atoms with E-state index in [1.807, 2.05) is 58.0 Å². The van der Waals surface area contributed by atoms with Crippen molar-refractivity contribution < 1.29 is 23.9 Å². The summed E-state index contributed by atoms with van der Waals surface area (Å²) in [5, 5.41) is 3.95. The molecule has 1 aliphatic rings. The topological polar surface area (TPSA) is 84.9 Å². The highest BCUT2D eigenvalue weighted by atomic mass is 16.5. The molecule has 1 fully saturated rings. The molecule has 0 atom stereocenters. The normalized spacial score (nSPS) is 15.1. The maximum atomic E-state index is 13.5. The summed E-state index contributed by atoms with van der Waals surface area (Å²) in [4.78, 5) is 39.9. The van der Waals surface area contributed by atoms with Crippen LogP contribution in [0.3, 0.4) is 0 Å². The van der Waals surface area contributed by atoms with Gasteiger partial charge < -0.3 is 9.47 Å². The molecule has 0 unspecified atom stereocenters. The molecule has 1 N–H and O–H groups in total. The summed E-state index contributed by atoms with van der Waals surface area (Å²) in [6, 6.07) is 14.0. The molecule has 1 heterocycles. The predicted molar refractivity (Wildman–Crippen MR) is 131 cm³/mol. The second-order valence-corrected chi connectivity index (χ2v) is 8.03. The summed E-state index contributed by atoms with van der Waals surface area (Å²) >= 11 is 0. The number of nitrogens with zero attached hydrogens (tertiary/aromatic N) is 1. The molecule has 0 spiro atoms. The lowest BCUT2D eigenvalue weighted by Gasteiger charge is -2.27. The molecule has 34 heavy (non-hydrogen) atoms. The Morgan fingerprint density at radius 2 is 1.56 bits per heavy atom. The number of amides is 4. The highest BCUT2D eigenvalue weighted by Gasteiger charge is 2.37. The van der Waals surface area contributed by atoms with Crippen molar-refractivity contribution in [3.8, 4) is 11.5 Å². The first-order valence-electron chi connectivity index (χ1n) is 11.1. The molecule has 0 bridgehead atoms. The molecule has 0 aromatic heterocycles. The van der Waals surface area contributed by atoms with Crippen LogP contribution in [-0.4, -0.2) is 31.1 Å². The van der Waals surface area contributed by atoms with Gasteiger partial charge in [-0.2, -0.15) is 0 Å². The van der Waals surface area contributed by atoms with Gasteiger partial charge >= 0.3 is 6.03 Å². The van der Waals surface area contributed by atoms with Gasteiger partial charge in [0.1, 0.15) is 17.1 Å². The lowest BCUT2D eigenvalue weighted by Crippen LogP contribution is -2.54. The number of imide groups is 2. The van der Waals surface area contributed by atoms with Crippen LogP contribution in [0.1, 0.15) is 30.5 Å². The van der Waals surface area contributed by atoms with Crippen molar-refractivity contribution in [2.24, 2.45) is 0 Å². The van der Waals surface area contributed by atoms with Crippen molar-refractivity contribution in [3.63, 3.8) is 0 Å². The average Bonchev–Trinajstić information content (AvgIpc) is 2.77. The minimum absolute atomic E-state index is 0.158. The lowest BCUT2D eigenvalue weighted by molar-refractivity contribution is -0.122. The van der Waals surface area contributed by atoms with Gasteiger partial charge in [-0.3, -0.25) is 14.9 Å². The van der Waals surface area contributed by atoms with Crippen LogP contribution < -0.4 is 19.7 Å². The number of benzene rings is 3. The van der Waals surface area contributed by atoms with Gasteiger partial charge in [0.25, 0.3) is 11.8 Å². The van der Waals surface area contributed by atoms with Crippen molar-refractivity contribution in [1.82, 2.24) is 5.32 Å². The Balaban J connectivity index is 1.89. The van der Waals surface area contributed by atoms with E-state index in [9.17, 15) is 14.4 Å². The van der Waals surface area contributed by atoms with Gasteiger partial charge in [0.15, 0.2) is 0 Å². The first-order valence-corrected chi connectivity index (χ1v) is 11.1. The molecule has 4 rings (SSSR count). The van der Waals surface area contributed by atoms with Gasteiger partial charge in [-0.05, 0) is 86.0 Å². The molecule has 7 nitrogen and oxygen atoms in total. The maximum absolute atomic E-state index is 13.5. The van der Waals surface area contributed by atoms with E-state index in [4.69, 9.17) is 9.47 Å². The van der Waals surface area contributed by atoms with Crippen LogP contribution in [-0.2, 0) is 9.59 Å². The third-order valence-electron chi connectivity index (χ3n) is 5.46. The number of carbonyl (C=O) groups excluding carboxylic acids is 3. The predicted octanol–water partition coefficient (Wildman–Crippen LogP) is 4.92. The molecule has 3 aromatic rings. The first-order chi connectivity index (χ1) is 16.3. The number of aryl methyl sites for hydroxylation is 2. The molecule has 0 radical (unpaired) electrons. The highest BCUT2D eigenvalue weighted by molar-refractivity contribution is 6.39. The lowest BCUT2D eigenvalue weighted by atomic mass is 9.99. The van der Waals surface area contributed by atoms with Crippen molar-refractivity contribution in [3.05, 3.63) is 70.8 Å². The molecule has 1 saturated heterocycles. The Morgan fingerprint density at radius 3 is 2.24 bits per heavy atom. The van der Waals surface area contributed by atoms with Crippen LogP contribution >= 0.6 is 0 Å². The molecule has 0 saturated carbocycles. The summed E-state index contributed by atoms with van der Waals surface area (Å²) in [6.07, 6.45) is 1.49. The Bertz CT molecular complexity index is 1320. The van der Waals surface area contributed by atoms with Crippen LogP contribution in [0.15, 0.2) is 54.1 Å². The second kappa shape index (κ2) is 9.39. The van der Waals surface area contributed by atoms with E-state index >= 15 is 0 Å². The highest BCUT2D eigenvalue weighted by Crippen LogP contribution is 2.34. The van der Waals surface area contributed by atoms with Gasteiger partial charge in [-0.1, -0.05) is 18.2 Å². The number of carbonyl (C=O) groups is 3. The summed E-state index contributed by atoms with van der Waals surface area (Å²) < 4.78 is 11.5. The summed E-state index contributed by atoms with van der Waals surface area (Å²) in [7, 11) is 0. The van der Waals surface area contributed by atoms with Crippen LogP contribution in [0.4, 0.5) is 10.5 Å². The zero-order chi connectivity index (χ0) is 24.4. The van der Waals surface area contributed by atoms with E-state index in [1.54, 1.807) is 18.2 Å². The second-order valence-electron chi connectivity index (χ2n) is 8.03. The summed E-state index contributed by atoms with van der Waals surface area (Å²) in [6.45, 7) is 8.42. The summed E-state index contributed by atoms with van der Waals surface area (Å²) in [5.41, 5.74) is 2.60. The van der Waals surface area contributed by atoms with E-state index in [2.05, 4.69) is 5.32 Å². The molecule has 0 aliphatic carbocycles. The van der Waals surface area contributed by atoms with Crippen molar-refractivity contribution in [2.45, 2.75) is 27.7 Å². The van der Waals surface area contributed by atoms with Crippen LogP contribution in [0.2, 0.25) is 0 Å². The fourth-order valence-electron chi connectivity index (χ4n) is 4.10. The molecular formula is C27H26N2O5. The Morgan fingerprint density at radius 1 is 0.882 bits per heavy atom. The van der Waals surface area contributed by atoms with E-state index < -0.39 is 17.8 Å². The van der Waals surface area contributed by atoms with Gasteiger partial charge in [-0.25, -0.2) is 9.69 Å². The molecule has 4 amide bonds. The van der Waals surface area contributed by atoms with Crippen molar-refractivity contribution >= 4 is 40.4 Å². The number of nitrogens with one attached hydrogen (secondary N) is 1. The number of ether oxygens (including phenoxy) is 2. The van der Waals surface area contributed by atoms with Gasteiger partial charge in [0, 0.05) is 5.56 Å². The quantitative estimate of drug-likeness (QED) is 0.419. The molecular weight excluding hydrogens is 432 g/mol. The number of fused-ring (bicyclic) bond motifs is 1. The van der Waals surface area contributed by atoms with Crippen molar-refractivity contribution in [1.29, 1.82) is 0 Å². The smallest absolute Gasteiger partial charge is 0.335 e. The Labute approximate surface area is 198 Å². The monoisotopic (exact) mass is 458 g/mol. The minimum Gasteiger partial charge on any atom is -0.494 e. The van der Waals surface area contributed by atoms with Gasteiger partial charge in [0.2, 0.25) is 0 Å². The van der Waals surface area contributed by atoms with Crippen LogP contribution in [0, 0.1) is 13.8 Å². The Hall–Kier alpha value is -4.13. The SMILES string of the molecule is CCOc1ccc2ccc(OCC)c(/C=C3\C(=O)NC(=O)N(c4cc(C)cc(C)c4)C3=O)c2c1. The van der Waals surface area contributed by atoms with Crippen LogP contribution in [0.5, 0.6) is 11.5 Å². The molecule has 7 heteroatoms. The third-order valence-corrected chi connectivity index (χ3v) is 5.46. The standard InChI is InChI=1S/C27H26N2O5/c1-5-33-20-9-7-18-8-10-24(34-6-2)22(21(18)14-20)15-23-25(30)28-27(32)29(26(23)31)19-12-16(3)11-17(4)13-19/h7-15H,5-6H2,1-4H3,(H,28,30,32)/b23-15+. The van der Waals surface area contributed by atoms with E-state index in [-0.39, 0.29) is 5.57 Å². The van der Waals surface area contributed by atoms with Gasteiger partial charge in [0.05, 0.1) is 18.9 Å². The molecule has 1 aliphatic heterocycles. The largest absolute Gasteiger partial charge is 0.494 e. The zero-order valence-corrected chi connectivity index (χ0v) is 19.6. The van der Waals surface area contributed by atoms with E-state index in [1.165, 1.54) is 6.08 Å². The third kappa shape index (κ3) is 4.37. The first kappa shape index (κ1) is 23.0. The number of rotatable bonds is 6. The zero-order valence-electron chi connectivity index (χ0n) is 19.6. The number of hydrogen-bond donors (Lipinski definition) is 1. The average molecular weight is 459 g/mol. The van der Waals surface area contributed by atoms with Gasteiger partial charge in [-0.15, -0.1) is 0 Å². The van der Waals surface area contributed by atoms with Crippen LogP contribution in [0.25, 0.3) is 16.8 Å².